The van der Waals surface area contributed by atoms with Crippen LogP contribution in [0.2, 0.25) is 0 Å². The highest BCUT2D eigenvalue weighted by atomic mass is 19.1. The summed E-state index contributed by atoms with van der Waals surface area (Å²) >= 11 is 0. The van der Waals surface area contributed by atoms with Gasteiger partial charge in [0.2, 0.25) is 5.91 Å². The van der Waals surface area contributed by atoms with Gasteiger partial charge < -0.3 is 10.1 Å². The third-order valence-corrected chi connectivity index (χ3v) is 5.47. The molecule has 0 spiro atoms. The second kappa shape index (κ2) is 10.00. The summed E-state index contributed by atoms with van der Waals surface area (Å²) in [4.78, 5) is 16.8. The van der Waals surface area contributed by atoms with E-state index in [0.29, 0.717) is 0 Å². The van der Waals surface area contributed by atoms with Gasteiger partial charge in [0.15, 0.2) is 0 Å². The Bertz CT molecular complexity index is 883. The van der Waals surface area contributed by atoms with Crippen LogP contribution in [0.5, 0.6) is 5.75 Å². The van der Waals surface area contributed by atoms with Crippen LogP contribution in [-0.2, 0) is 11.3 Å². The minimum atomic E-state index is -0.650. The molecule has 0 radical (unpaired) electrons. The minimum Gasteiger partial charge on any atom is -0.496 e. The van der Waals surface area contributed by atoms with Gasteiger partial charge in [0, 0.05) is 49.9 Å². The van der Waals surface area contributed by atoms with Crippen molar-refractivity contribution in [1.29, 1.82) is 0 Å². The Balaban J connectivity index is 1.47. The van der Waals surface area contributed by atoms with Crippen molar-refractivity contribution in [2.45, 2.75) is 26.4 Å². The summed E-state index contributed by atoms with van der Waals surface area (Å²) in [6.45, 7) is 8.10. The van der Waals surface area contributed by atoms with Crippen molar-refractivity contribution in [2.75, 3.05) is 39.8 Å². The fraction of sp³-hybridized carbons (Fsp3) is 0.435. The number of aryl methyl sites for hydroxylation is 1. The lowest BCUT2D eigenvalue weighted by molar-refractivity contribution is -0.123. The van der Waals surface area contributed by atoms with E-state index in [1.54, 1.807) is 14.0 Å². The van der Waals surface area contributed by atoms with Crippen molar-refractivity contribution >= 4 is 5.91 Å². The maximum absolute atomic E-state index is 13.9. The maximum atomic E-state index is 13.9. The molecular weight excluding hydrogens is 388 g/mol. The Hall–Kier alpha value is -2.51. The average molecular weight is 418 g/mol. The first-order valence-corrected chi connectivity index (χ1v) is 10.2. The van der Waals surface area contributed by atoms with Crippen molar-refractivity contribution in [1.82, 2.24) is 15.1 Å². The van der Waals surface area contributed by atoms with Crippen LogP contribution in [0.4, 0.5) is 8.78 Å². The third-order valence-electron chi connectivity index (χ3n) is 5.47. The van der Waals surface area contributed by atoms with Gasteiger partial charge in [-0.2, -0.15) is 0 Å². The normalized spacial score (nSPS) is 16.3. The second-order valence-corrected chi connectivity index (χ2v) is 7.82. The second-order valence-electron chi connectivity index (χ2n) is 7.82. The first-order valence-electron chi connectivity index (χ1n) is 10.2. The van der Waals surface area contributed by atoms with E-state index < -0.39 is 17.7 Å². The van der Waals surface area contributed by atoms with Gasteiger partial charge in [-0.1, -0.05) is 23.8 Å². The zero-order valence-corrected chi connectivity index (χ0v) is 17.8. The van der Waals surface area contributed by atoms with Crippen molar-refractivity contribution in [3.05, 3.63) is 64.7 Å². The topological polar surface area (TPSA) is 44.8 Å². The summed E-state index contributed by atoms with van der Waals surface area (Å²) in [5.74, 6) is -0.552. The predicted molar refractivity (Wildman–Crippen MR) is 112 cm³/mol. The number of piperazine rings is 1. The fourth-order valence-electron chi connectivity index (χ4n) is 3.80. The molecule has 1 heterocycles. The quantitative estimate of drug-likeness (QED) is 0.751. The third kappa shape index (κ3) is 5.77. The van der Waals surface area contributed by atoms with Gasteiger partial charge in [-0.05, 0) is 26.0 Å². The predicted octanol–water partition coefficient (Wildman–Crippen LogP) is 3.28. The summed E-state index contributed by atoms with van der Waals surface area (Å²) in [7, 11) is 1.68. The summed E-state index contributed by atoms with van der Waals surface area (Å²) in [5.41, 5.74) is 2.65. The molecule has 3 rings (SSSR count). The molecule has 1 atom stereocenters. The summed E-state index contributed by atoms with van der Waals surface area (Å²) in [6, 6.07) is 9.06. The average Bonchev–Trinajstić information content (AvgIpc) is 2.69. The number of ether oxygens (including phenoxy) is 1. The van der Waals surface area contributed by atoms with E-state index in [2.05, 4.69) is 28.1 Å². The van der Waals surface area contributed by atoms with Crippen molar-refractivity contribution in [3.63, 3.8) is 0 Å². The van der Waals surface area contributed by atoms with Crippen molar-refractivity contribution in [3.8, 4) is 5.75 Å². The first kappa shape index (κ1) is 22.2. The van der Waals surface area contributed by atoms with E-state index in [4.69, 9.17) is 4.74 Å². The summed E-state index contributed by atoms with van der Waals surface area (Å²) in [5, 5.41) is 2.80. The van der Waals surface area contributed by atoms with Crippen molar-refractivity contribution < 1.29 is 18.3 Å². The lowest BCUT2D eigenvalue weighted by Crippen LogP contribution is -2.49. The molecule has 162 valence electrons. The molecule has 2 aromatic rings. The van der Waals surface area contributed by atoms with Crippen LogP contribution in [0.1, 0.15) is 29.7 Å². The van der Waals surface area contributed by atoms with Gasteiger partial charge >= 0.3 is 0 Å². The van der Waals surface area contributed by atoms with Gasteiger partial charge in [-0.15, -0.1) is 0 Å². The van der Waals surface area contributed by atoms with E-state index in [1.165, 1.54) is 23.3 Å². The van der Waals surface area contributed by atoms with Crippen LogP contribution in [0, 0.1) is 18.6 Å². The Morgan fingerprint density at radius 1 is 1.10 bits per heavy atom. The van der Waals surface area contributed by atoms with E-state index in [1.807, 2.05) is 12.1 Å². The standard InChI is InChI=1S/C23H29F2N3O2/c1-16-4-7-22(30-3)18(12-16)14-27-8-10-28(11-9-27)15-23(29)26-17(2)20-6-5-19(24)13-21(20)25/h4-7,12-13,17H,8-11,14-15H2,1-3H3,(H,26,29)/t17-/m0/s1. The minimum absolute atomic E-state index is 0.167. The number of methoxy groups -OCH3 is 1. The summed E-state index contributed by atoms with van der Waals surface area (Å²) in [6.07, 6.45) is 0. The molecule has 1 aliphatic heterocycles. The Kier molecular flexibility index (Phi) is 7.39. The lowest BCUT2D eigenvalue weighted by Gasteiger charge is -2.34. The number of hydrogen-bond donors (Lipinski definition) is 1. The van der Waals surface area contributed by atoms with Crippen LogP contribution in [0.25, 0.3) is 0 Å². The smallest absolute Gasteiger partial charge is 0.234 e. The molecule has 5 nitrogen and oxygen atoms in total. The van der Waals surface area contributed by atoms with E-state index in [0.717, 1.165) is 44.5 Å². The van der Waals surface area contributed by atoms with E-state index in [9.17, 15) is 13.6 Å². The number of carbonyl (C=O) groups is 1. The van der Waals surface area contributed by atoms with E-state index >= 15 is 0 Å². The molecule has 1 aliphatic rings. The summed E-state index contributed by atoms with van der Waals surface area (Å²) < 4.78 is 32.4. The number of hydrogen-bond acceptors (Lipinski definition) is 4. The number of nitrogens with zero attached hydrogens (tertiary/aromatic N) is 2. The zero-order valence-electron chi connectivity index (χ0n) is 17.8. The van der Waals surface area contributed by atoms with Gasteiger partial charge in [0.25, 0.3) is 0 Å². The molecule has 1 fully saturated rings. The molecule has 1 N–H and O–H groups in total. The number of halogens is 2. The molecule has 30 heavy (non-hydrogen) atoms. The molecule has 2 aromatic carbocycles. The molecule has 1 saturated heterocycles. The van der Waals surface area contributed by atoms with Crippen LogP contribution in [0.15, 0.2) is 36.4 Å². The van der Waals surface area contributed by atoms with Crippen molar-refractivity contribution in [2.24, 2.45) is 0 Å². The van der Waals surface area contributed by atoms with Crippen LogP contribution < -0.4 is 10.1 Å². The molecule has 0 unspecified atom stereocenters. The molecule has 0 aromatic heterocycles. The maximum Gasteiger partial charge on any atom is 0.234 e. The number of nitrogens with one attached hydrogen (secondary N) is 1. The number of benzene rings is 2. The van der Waals surface area contributed by atoms with Crippen LogP contribution >= 0.6 is 0 Å². The fourth-order valence-corrected chi connectivity index (χ4v) is 3.80. The van der Waals surface area contributed by atoms with E-state index in [-0.39, 0.29) is 18.0 Å². The highest BCUT2D eigenvalue weighted by molar-refractivity contribution is 5.78. The molecule has 0 aliphatic carbocycles. The Morgan fingerprint density at radius 3 is 2.47 bits per heavy atom. The van der Waals surface area contributed by atoms with Gasteiger partial charge in [0.1, 0.15) is 17.4 Å². The SMILES string of the molecule is COc1ccc(C)cc1CN1CCN(CC(=O)N[C@@H](C)c2ccc(F)cc2F)CC1. The molecule has 7 heteroatoms. The van der Waals surface area contributed by atoms with Crippen LogP contribution in [-0.4, -0.2) is 55.5 Å². The number of amides is 1. The number of carbonyl (C=O) groups excluding carboxylic acids is 1. The molecule has 0 bridgehead atoms. The first-order chi connectivity index (χ1) is 14.4. The van der Waals surface area contributed by atoms with Gasteiger partial charge in [-0.25, -0.2) is 8.78 Å². The zero-order chi connectivity index (χ0) is 21.7. The van der Waals surface area contributed by atoms with Gasteiger partial charge in [0.05, 0.1) is 19.7 Å². The molecule has 1 amide bonds. The Morgan fingerprint density at radius 2 is 1.80 bits per heavy atom. The highest BCUT2D eigenvalue weighted by Gasteiger charge is 2.21. The number of rotatable bonds is 7. The molecule has 0 saturated carbocycles. The highest BCUT2D eigenvalue weighted by Crippen LogP contribution is 2.22. The monoisotopic (exact) mass is 417 g/mol. The largest absolute Gasteiger partial charge is 0.496 e. The lowest BCUT2D eigenvalue weighted by atomic mass is 10.1. The van der Waals surface area contributed by atoms with Gasteiger partial charge in [-0.3, -0.25) is 14.6 Å². The Labute approximate surface area is 176 Å². The van der Waals surface area contributed by atoms with Crippen LogP contribution in [0.3, 0.4) is 0 Å². The molecular formula is C23H29F2N3O2.